The zero-order valence-corrected chi connectivity index (χ0v) is 15.8. The molecule has 0 radical (unpaired) electrons. The van der Waals surface area contributed by atoms with E-state index in [0.717, 1.165) is 18.7 Å². The summed E-state index contributed by atoms with van der Waals surface area (Å²) in [6.07, 6.45) is 8.56. The highest BCUT2D eigenvalue weighted by Crippen LogP contribution is 2.14. The number of rotatable bonds is 9. The van der Waals surface area contributed by atoms with Crippen LogP contribution in [0.3, 0.4) is 0 Å². The van der Waals surface area contributed by atoms with Crippen molar-refractivity contribution < 1.29 is 0 Å². The molecular formula is C22H26N2S. The monoisotopic (exact) mass is 350 g/mol. The Kier molecular flexibility index (Phi) is 8.67. The van der Waals surface area contributed by atoms with Gasteiger partial charge in [-0.2, -0.15) is 5.26 Å². The fourth-order valence-electron chi connectivity index (χ4n) is 2.59. The van der Waals surface area contributed by atoms with Crippen molar-refractivity contribution >= 4 is 17.0 Å². The lowest BCUT2D eigenvalue weighted by Crippen LogP contribution is -2.01. The molecule has 2 nitrogen and oxygen atoms in total. The molecule has 0 saturated carbocycles. The van der Waals surface area contributed by atoms with Crippen molar-refractivity contribution in [1.29, 1.82) is 5.26 Å². The zero-order chi connectivity index (χ0) is 17.7. The molecule has 1 aromatic carbocycles. The second-order valence-electron chi connectivity index (χ2n) is 6.20. The normalized spacial score (nSPS) is 9.92. The van der Waals surface area contributed by atoms with Crippen LogP contribution in [0.5, 0.6) is 0 Å². The largest absolute Gasteiger partial charge is 0.385 e. The molecule has 0 aliphatic carbocycles. The van der Waals surface area contributed by atoms with Crippen LogP contribution in [0.1, 0.15) is 60.3 Å². The molecule has 0 spiro atoms. The molecule has 0 amide bonds. The first-order valence-corrected chi connectivity index (χ1v) is 9.89. The van der Waals surface area contributed by atoms with E-state index in [-0.39, 0.29) is 0 Å². The summed E-state index contributed by atoms with van der Waals surface area (Å²) in [4.78, 5) is 2.52. The predicted molar refractivity (Wildman–Crippen MR) is 108 cm³/mol. The fourth-order valence-corrected chi connectivity index (χ4v) is 3.33. The Balaban J connectivity index is 1.43. The Labute approximate surface area is 155 Å². The lowest BCUT2D eigenvalue weighted by atomic mass is 10.1. The minimum absolute atomic E-state index is 0.709. The summed E-state index contributed by atoms with van der Waals surface area (Å²) >= 11 is 1.77. The van der Waals surface area contributed by atoms with E-state index in [0.29, 0.717) is 5.56 Å². The maximum absolute atomic E-state index is 8.77. The van der Waals surface area contributed by atoms with Gasteiger partial charge < -0.3 is 5.32 Å². The topological polar surface area (TPSA) is 35.8 Å². The van der Waals surface area contributed by atoms with Gasteiger partial charge in [-0.3, -0.25) is 0 Å². The highest BCUT2D eigenvalue weighted by atomic mass is 32.1. The van der Waals surface area contributed by atoms with Crippen LogP contribution >= 0.6 is 11.3 Å². The minimum atomic E-state index is 0.709. The molecule has 25 heavy (non-hydrogen) atoms. The predicted octanol–water partition coefficient (Wildman–Crippen LogP) is 6.12. The maximum atomic E-state index is 8.77. The Bertz CT molecular complexity index is 726. The van der Waals surface area contributed by atoms with Gasteiger partial charge in [0.1, 0.15) is 0 Å². The summed E-state index contributed by atoms with van der Waals surface area (Å²) in [7, 11) is 0. The molecular weight excluding hydrogens is 324 g/mol. The van der Waals surface area contributed by atoms with Gasteiger partial charge in [0.05, 0.1) is 16.5 Å². The standard InChI is InChI=1S/C22H26N2S/c1-19-11-16-22(25-19)10-8-6-4-2-3-5-7-9-17-24-21-14-12-20(18-23)13-15-21/h11-16,24H,2-7,9,17H2,1H3. The number of aryl methyl sites for hydroxylation is 1. The van der Waals surface area contributed by atoms with E-state index in [1.54, 1.807) is 11.3 Å². The van der Waals surface area contributed by atoms with Crippen molar-refractivity contribution in [2.45, 2.75) is 51.9 Å². The molecule has 1 heterocycles. The van der Waals surface area contributed by atoms with E-state index in [4.69, 9.17) is 5.26 Å². The van der Waals surface area contributed by atoms with E-state index in [1.165, 1.54) is 48.3 Å². The van der Waals surface area contributed by atoms with Gasteiger partial charge in [-0.15, -0.1) is 11.3 Å². The van der Waals surface area contributed by atoms with E-state index < -0.39 is 0 Å². The van der Waals surface area contributed by atoms with Gasteiger partial charge in [-0.25, -0.2) is 0 Å². The third kappa shape index (κ3) is 7.92. The lowest BCUT2D eigenvalue weighted by molar-refractivity contribution is 0.607. The van der Waals surface area contributed by atoms with Crippen LogP contribution in [-0.4, -0.2) is 6.54 Å². The molecule has 1 aromatic heterocycles. The van der Waals surface area contributed by atoms with Crippen LogP contribution in [0.2, 0.25) is 0 Å². The van der Waals surface area contributed by atoms with Crippen molar-refractivity contribution in [3.63, 3.8) is 0 Å². The van der Waals surface area contributed by atoms with Gasteiger partial charge in [0.2, 0.25) is 0 Å². The highest BCUT2D eigenvalue weighted by Gasteiger charge is 1.94. The number of hydrogen-bond acceptors (Lipinski definition) is 3. The first-order chi connectivity index (χ1) is 12.3. The number of unbranched alkanes of at least 4 members (excludes halogenated alkanes) is 6. The van der Waals surface area contributed by atoms with Gasteiger partial charge in [0.15, 0.2) is 0 Å². The number of thiophene rings is 1. The third-order valence-corrected chi connectivity index (χ3v) is 4.94. The third-order valence-electron chi connectivity index (χ3n) is 4.02. The van der Waals surface area contributed by atoms with E-state index in [9.17, 15) is 0 Å². The van der Waals surface area contributed by atoms with E-state index in [1.807, 2.05) is 24.3 Å². The minimum Gasteiger partial charge on any atom is -0.385 e. The van der Waals surface area contributed by atoms with Gasteiger partial charge in [-0.1, -0.05) is 37.5 Å². The van der Waals surface area contributed by atoms with E-state index >= 15 is 0 Å². The summed E-state index contributed by atoms with van der Waals surface area (Å²) in [6.45, 7) is 3.12. The average molecular weight is 351 g/mol. The van der Waals surface area contributed by atoms with Crippen LogP contribution in [0.25, 0.3) is 0 Å². The van der Waals surface area contributed by atoms with Crippen LogP contribution in [0.4, 0.5) is 5.69 Å². The van der Waals surface area contributed by atoms with Crippen LogP contribution in [0.15, 0.2) is 36.4 Å². The van der Waals surface area contributed by atoms with Gasteiger partial charge >= 0.3 is 0 Å². The summed E-state index contributed by atoms with van der Waals surface area (Å²) in [5.41, 5.74) is 1.80. The molecule has 2 aromatic rings. The average Bonchev–Trinajstić information content (AvgIpc) is 3.05. The molecule has 0 saturated heterocycles. The number of nitrogens with one attached hydrogen (secondary N) is 1. The number of benzene rings is 1. The molecule has 130 valence electrons. The Morgan fingerprint density at radius 1 is 0.920 bits per heavy atom. The maximum Gasteiger partial charge on any atom is 0.0991 e. The summed E-state index contributed by atoms with van der Waals surface area (Å²) in [6, 6.07) is 14.0. The molecule has 0 unspecified atom stereocenters. The first-order valence-electron chi connectivity index (χ1n) is 9.07. The molecule has 3 heteroatoms. The fraction of sp³-hybridized carbons (Fsp3) is 0.409. The highest BCUT2D eigenvalue weighted by molar-refractivity contribution is 7.12. The Hall–Kier alpha value is -2.23. The molecule has 0 aliphatic rings. The molecule has 0 atom stereocenters. The molecule has 0 fully saturated rings. The summed E-state index contributed by atoms with van der Waals surface area (Å²) < 4.78 is 0. The second kappa shape index (κ2) is 11.3. The SMILES string of the molecule is Cc1ccc(C#CCCCCCCCCNc2ccc(C#N)cc2)s1. The number of nitriles is 1. The quantitative estimate of drug-likeness (QED) is 0.436. The van der Waals surface area contributed by atoms with E-state index in [2.05, 4.69) is 42.3 Å². The Morgan fingerprint density at radius 2 is 1.64 bits per heavy atom. The van der Waals surface area contributed by atoms with Crippen LogP contribution in [-0.2, 0) is 0 Å². The first kappa shape index (κ1) is 19.1. The molecule has 0 bridgehead atoms. The number of hydrogen-bond donors (Lipinski definition) is 1. The molecule has 2 rings (SSSR count). The van der Waals surface area contributed by atoms with Gasteiger partial charge in [-0.05, 0) is 56.2 Å². The van der Waals surface area contributed by atoms with Crippen LogP contribution in [0, 0.1) is 30.1 Å². The molecule has 1 N–H and O–H groups in total. The van der Waals surface area contributed by atoms with Crippen molar-refractivity contribution in [3.05, 3.63) is 51.7 Å². The number of nitrogens with zero attached hydrogens (tertiary/aromatic N) is 1. The molecule has 0 aliphatic heterocycles. The summed E-state index contributed by atoms with van der Waals surface area (Å²) in [5, 5.41) is 12.2. The second-order valence-corrected chi connectivity index (χ2v) is 7.49. The van der Waals surface area contributed by atoms with Crippen molar-refractivity contribution in [2.75, 3.05) is 11.9 Å². The van der Waals surface area contributed by atoms with Crippen molar-refractivity contribution in [2.24, 2.45) is 0 Å². The zero-order valence-electron chi connectivity index (χ0n) is 15.0. The van der Waals surface area contributed by atoms with Gasteiger partial charge in [0, 0.05) is 23.5 Å². The Morgan fingerprint density at radius 3 is 2.32 bits per heavy atom. The van der Waals surface area contributed by atoms with Crippen molar-refractivity contribution in [3.8, 4) is 17.9 Å². The van der Waals surface area contributed by atoms with Crippen molar-refractivity contribution in [1.82, 2.24) is 0 Å². The smallest absolute Gasteiger partial charge is 0.0991 e. The number of anilines is 1. The van der Waals surface area contributed by atoms with Crippen LogP contribution < -0.4 is 5.32 Å². The summed E-state index contributed by atoms with van der Waals surface area (Å²) in [5.74, 6) is 6.53. The van der Waals surface area contributed by atoms with Gasteiger partial charge in [0.25, 0.3) is 0 Å². The lowest BCUT2D eigenvalue weighted by Gasteiger charge is -2.06.